The van der Waals surface area contributed by atoms with Gasteiger partial charge >= 0.3 is 0 Å². The van der Waals surface area contributed by atoms with E-state index in [0.29, 0.717) is 0 Å². The number of nitrogens with one attached hydrogen (secondary N) is 1. The molecule has 1 atom stereocenters. The zero-order valence-corrected chi connectivity index (χ0v) is 9.20. The molecule has 0 bridgehead atoms. The highest BCUT2D eigenvalue weighted by molar-refractivity contribution is 6.31. The Labute approximate surface area is 79.7 Å². The van der Waals surface area contributed by atoms with E-state index >= 15 is 0 Å². The summed E-state index contributed by atoms with van der Waals surface area (Å²) in [6.07, 6.45) is 0. The average molecular weight is 192 g/mol. The van der Waals surface area contributed by atoms with Gasteiger partial charge in [-0.05, 0) is 19.3 Å². The van der Waals surface area contributed by atoms with E-state index in [4.69, 9.17) is 11.6 Å². The first-order chi connectivity index (χ1) is 5.25. The van der Waals surface area contributed by atoms with Crippen molar-refractivity contribution in [3.05, 3.63) is 0 Å². The maximum atomic E-state index is 11.4. The quantitative estimate of drug-likeness (QED) is 0.666. The molecule has 72 valence electrons. The summed E-state index contributed by atoms with van der Waals surface area (Å²) in [4.78, 5) is 11.4. The summed E-state index contributed by atoms with van der Waals surface area (Å²) < 4.78 is 0. The van der Waals surface area contributed by atoms with Crippen molar-refractivity contribution in [3.63, 3.8) is 0 Å². The van der Waals surface area contributed by atoms with Gasteiger partial charge in [0.1, 0.15) is 5.38 Å². The van der Waals surface area contributed by atoms with E-state index in [0.717, 1.165) is 0 Å². The predicted octanol–water partition coefficient (Wildman–Crippen LogP) is 2.16. The van der Waals surface area contributed by atoms with Crippen molar-refractivity contribution in [2.24, 2.45) is 5.41 Å². The van der Waals surface area contributed by atoms with Crippen molar-refractivity contribution in [1.29, 1.82) is 0 Å². The van der Waals surface area contributed by atoms with Gasteiger partial charge in [0.25, 0.3) is 0 Å². The highest BCUT2D eigenvalue weighted by Crippen LogP contribution is 2.24. The molecule has 0 aliphatic heterocycles. The average Bonchev–Trinajstić information content (AvgIpc) is 1.82. The molecule has 3 heteroatoms. The van der Waals surface area contributed by atoms with E-state index in [1.165, 1.54) is 0 Å². The number of halogens is 1. The summed E-state index contributed by atoms with van der Waals surface area (Å²) in [6.45, 7) is 9.69. The number of carbonyl (C=O) groups excluding carboxylic acids is 1. The van der Waals surface area contributed by atoms with E-state index in [2.05, 4.69) is 5.32 Å². The van der Waals surface area contributed by atoms with E-state index < -0.39 is 5.38 Å². The van der Waals surface area contributed by atoms with E-state index in [1.54, 1.807) is 0 Å². The number of carbonyl (C=O) groups is 1. The smallest absolute Gasteiger partial charge is 0.238 e. The van der Waals surface area contributed by atoms with Crippen LogP contribution in [0.1, 0.15) is 34.6 Å². The minimum atomic E-state index is -0.458. The predicted molar refractivity (Wildman–Crippen MR) is 52.4 cm³/mol. The standard InChI is InChI=1S/C9H18ClNO/c1-6(2)11-8(12)7(10)9(3,4)5/h6-7H,1-5H3,(H,11,12). The molecule has 12 heavy (non-hydrogen) atoms. The topological polar surface area (TPSA) is 29.1 Å². The molecule has 2 nitrogen and oxygen atoms in total. The second kappa shape index (κ2) is 4.13. The van der Waals surface area contributed by atoms with Gasteiger partial charge in [0, 0.05) is 6.04 Å². The van der Waals surface area contributed by atoms with Crippen LogP contribution in [-0.4, -0.2) is 17.3 Å². The first-order valence-electron chi connectivity index (χ1n) is 4.19. The van der Waals surface area contributed by atoms with E-state index in [9.17, 15) is 4.79 Å². The number of rotatable bonds is 2. The Balaban J connectivity index is 4.12. The van der Waals surface area contributed by atoms with Gasteiger partial charge in [-0.1, -0.05) is 20.8 Å². The highest BCUT2D eigenvalue weighted by Gasteiger charge is 2.29. The van der Waals surface area contributed by atoms with E-state index in [1.807, 2.05) is 34.6 Å². The van der Waals surface area contributed by atoms with Gasteiger partial charge in [0.15, 0.2) is 0 Å². The highest BCUT2D eigenvalue weighted by atomic mass is 35.5. The third kappa shape index (κ3) is 3.96. The zero-order valence-electron chi connectivity index (χ0n) is 8.44. The van der Waals surface area contributed by atoms with Gasteiger partial charge in [-0.2, -0.15) is 0 Å². The molecule has 1 unspecified atom stereocenters. The van der Waals surface area contributed by atoms with E-state index in [-0.39, 0.29) is 17.4 Å². The van der Waals surface area contributed by atoms with Crippen LogP contribution in [0.25, 0.3) is 0 Å². The van der Waals surface area contributed by atoms with Crippen LogP contribution in [0, 0.1) is 5.41 Å². The van der Waals surface area contributed by atoms with Crippen LogP contribution in [0.15, 0.2) is 0 Å². The van der Waals surface area contributed by atoms with Gasteiger partial charge < -0.3 is 5.32 Å². The molecule has 1 N–H and O–H groups in total. The first kappa shape index (κ1) is 11.8. The molecule has 0 aliphatic carbocycles. The largest absolute Gasteiger partial charge is 0.353 e. The van der Waals surface area contributed by atoms with Gasteiger partial charge in [0.05, 0.1) is 0 Å². The SMILES string of the molecule is CC(C)NC(=O)C(Cl)C(C)(C)C. The molecule has 0 aromatic rings. The van der Waals surface area contributed by atoms with Crippen LogP contribution in [0.5, 0.6) is 0 Å². The Kier molecular flexibility index (Phi) is 4.04. The summed E-state index contributed by atoms with van der Waals surface area (Å²) >= 11 is 5.94. The lowest BCUT2D eigenvalue weighted by atomic mass is 9.91. The summed E-state index contributed by atoms with van der Waals surface area (Å²) in [6, 6.07) is 0.154. The molecule has 0 radical (unpaired) electrons. The van der Waals surface area contributed by atoms with Gasteiger partial charge in [-0.25, -0.2) is 0 Å². The maximum absolute atomic E-state index is 11.4. The van der Waals surface area contributed by atoms with Crippen molar-refractivity contribution >= 4 is 17.5 Å². The summed E-state index contributed by atoms with van der Waals surface area (Å²) in [5, 5.41) is 2.32. The third-order valence-corrected chi connectivity index (χ3v) is 2.27. The normalized spacial score (nSPS) is 14.6. The number of hydrogen-bond donors (Lipinski definition) is 1. The Morgan fingerprint density at radius 1 is 1.33 bits per heavy atom. The second-order valence-corrected chi connectivity index (χ2v) is 4.83. The number of hydrogen-bond acceptors (Lipinski definition) is 1. The molecule has 0 saturated heterocycles. The molecule has 0 aromatic carbocycles. The Hall–Kier alpha value is -0.240. The van der Waals surface area contributed by atoms with Crippen molar-refractivity contribution in [3.8, 4) is 0 Å². The lowest BCUT2D eigenvalue weighted by Crippen LogP contribution is -2.41. The van der Waals surface area contributed by atoms with Crippen molar-refractivity contribution in [2.75, 3.05) is 0 Å². The first-order valence-corrected chi connectivity index (χ1v) is 4.63. The molecule has 0 aliphatic rings. The van der Waals surface area contributed by atoms with Crippen molar-refractivity contribution in [1.82, 2.24) is 5.32 Å². The summed E-state index contributed by atoms with van der Waals surface area (Å²) in [5.74, 6) is -0.0841. The maximum Gasteiger partial charge on any atom is 0.238 e. The zero-order chi connectivity index (χ0) is 9.94. The Bertz CT molecular complexity index is 160. The lowest BCUT2D eigenvalue weighted by molar-refractivity contribution is -0.122. The summed E-state index contributed by atoms with van der Waals surface area (Å²) in [7, 11) is 0. The third-order valence-electron chi connectivity index (χ3n) is 1.42. The second-order valence-electron chi connectivity index (χ2n) is 4.39. The number of alkyl halides is 1. The monoisotopic (exact) mass is 191 g/mol. The van der Waals surface area contributed by atoms with Crippen LogP contribution < -0.4 is 5.32 Å². The number of amides is 1. The molecule has 0 heterocycles. The molecule has 0 spiro atoms. The Morgan fingerprint density at radius 2 is 1.75 bits per heavy atom. The van der Waals surface area contributed by atoms with Crippen molar-refractivity contribution in [2.45, 2.75) is 46.0 Å². The fraction of sp³-hybridized carbons (Fsp3) is 0.889. The molecule has 0 aromatic heterocycles. The van der Waals surface area contributed by atoms with Crippen LogP contribution in [0.4, 0.5) is 0 Å². The molecule has 0 fully saturated rings. The van der Waals surface area contributed by atoms with Crippen molar-refractivity contribution < 1.29 is 4.79 Å². The minimum absolute atomic E-state index is 0.0841. The fourth-order valence-electron chi connectivity index (χ4n) is 0.751. The lowest BCUT2D eigenvalue weighted by Gasteiger charge is -2.24. The summed E-state index contributed by atoms with van der Waals surface area (Å²) in [5.41, 5.74) is -0.180. The van der Waals surface area contributed by atoms with Gasteiger partial charge in [-0.3, -0.25) is 4.79 Å². The minimum Gasteiger partial charge on any atom is -0.353 e. The van der Waals surface area contributed by atoms with Crippen LogP contribution in [0.3, 0.4) is 0 Å². The van der Waals surface area contributed by atoms with Crippen LogP contribution in [0.2, 0.25) is 0 Å². The molecule has 1 amide bonds. The molecule has 0 saturated carbocycles. The fourth-order valence-corrected chi connectivity index (χ4v) is 0.814. The molecule has 0 rings (SSSR count). The molecular weight excluding hydrogens is 174 g/mol. The van der Waals surface area contributed by atoms with Gasteiger partial charge in [-0.15, -0.1) is 11.6 Å². The molecular formula is C9H18ClNO. The Morgan fingerprint density at radius 3 is 2.00 bits per heavy atom. The van der Waals surface area contributed by atoms with Crippen LogP contribution in [-0.2, 0) is 4.79 Å². The van der Waals surface area contributed by atoms with Gasteiger partial charge in [0.2, 0.25) is 5.91 Å². The van der Waals surface area contributed by atoms with Crippen LogP contribution >= 0.6 is 11.6 Å².